The number of nitrogens with two attached hydrogens (primary N) is 1. The van der Waals surface area contributed by atoms with Crippen molar-refractivity contribution >= 4 is 23.5 Å². The monoisotopic (exact) mass is 442 g/mol. The first-order valence-electron chi connectivity index (χ1n) is 9.88. The summed E-state index contributed by atoms with van der Waals surface area (Å²) in [5.41, 5.74) is 7.57. The second kappa shape index (κ2) is 9.71. The molecule has 1 amide bonds. The van der Waals surface area contributed by atoms with Crippen LogP contribution in [0.1, 0.15) is 29.8 Å². The Morgan fingerprint density at radius 3 is 2.53 bits per heavy atom. The summed E-state index contributed by atoms with van der Waals surface area (Å²) in [5, 5.41) is 12.2. The van der Waals surface area contributed by atoms with Crippen molar-refractivity contribution in [1.82, 2.24) is 0 Å². The fourth-order valence-corrected chi connectivity index (χ4v) is 3.15. The summed E-state index contributed by atoms with van der Waals surface area (Å²) in [6.45, 7) is 3.18. The van der Waals surface area contributed by atoms with Crippen LogP contribution in [-0.2, 0) is 4.79 Å². The predicted molar refractivity (Wildman–Crippen MR) is 118 cm³/mol. The van der Waals surface area contributed by atoms with Gasteiger partial charge in [-0.05, 0) is 55.3 Å². The Morgan fingerprint density at radius 1 is 1.16 bits per heavy atom. The molecule has 2 aromatic carbocycles. The highest BCUT2D eigenvalue weighted by atomic mass is 16.7. The van der Waals surface area contributed by atoms with E-state index in [9.17, 15) is 14.7 Å². The van der Waals surface area contributed by atoms with Crippen molar-refractivity contribution in [1.29, 1.82) is 0 Å². The van der Waals surface area contributed by atoms with E-state index in [1.54, 1.807) is 43.3 Å². The first kappa shape index (κ1) is 23.1. The Balaban J connectivity index is 1.87. The number of aliphatic hydroxyl groups excluding tert-OH is 1. The van der Waals surface area contributed by atoms with Crippen LogP contribution < -0.4 is 30.0 Å². The van der Waals surface area contributed by atoms with Crippen LogP contribution in [0.25, 0.3) is 6.08 Å². The molecular weight excluding hydrogens is 416 g/mol. The molecule has 9 nitrogen and oxygen atoms in total. The maximum Gasteiger partial charge on any atom is 0.244 e. The largest absolute Gasteiger partial charge is 0.495 e. The molecule has 0 saturated carbocycles. The number of ketones is 1. The van der Waals surface area contributed by atoms with E-state index in [0.717, 1.165) is 0 Å². The van der Waals surface area contributed by atoms with Gasteiger partial charge in [0.1, 0.15) is 11.8 Å². The second-order valence-electron chi connectivity index (χ2n) is 7.28. The summed E-state index contributed by atoms with van der Waals surface area (Å²) in [6, 6.07) is 7.19. The number of hydrogen-bond donors (Lipinski definition) is 3. The van der Waals surface area contributed by atoms with Crippen molar-refractivity contribution in [3.8, 4) is 23.0 Å². The van der Waals surface area contributed by atoms with E-state index in [-0.39, 0.29) is 12.6 Å². The number of hydrogen-bond acceptors (Lipinski definition) is 8. The lowest BCUT2D eigenvalue weighted by Crippen LogP contribution is -2.43. The third-order valence-corrected chi connectivity index (χ3v) is 4.97. The van der Waals surface area contributed by atoms with Crippen molar-refractivity contribution in [2.24, 2.45) is 5.73 Å². The Kier molecular flexibility index (Phi) is 7.01. The van der Waals surface area contributed by atoms with Crippen molar-refractivity contribution < 1.29 is 33.6 Å². The van der Waals surface area contributed by atoms with E-state index in [1.165, 1.54) is 21.1 Å². The van der Waals surface area contributed by atoms with Crippen molar-refractivity contribution in [2.75, 3.05) is 26.3 Å². The Morgan fingerprint density at radius 2 is 1.88 bits per heavy atom. The van der Waals surface area contributed by atoms with E-state index >= 15 is 0 Å². The fraction of sp³-hybridized carbons (Fsp3) is 0.304. The molecule has 0 aromatic heterocycles. The topological polar surface area (TPSA) is 129 Å². The lowest BCUT2D eigenvalue weighted by Gasteiger charge is -2.16. The SMILES string of the molecule is COc1ccc(C=C(C)C(=O)c2cc(OC)c3c(c2)OCO3)cc1NC(=O)C(N)C(C)O. The zero-order valence-corrected chi connectivity index (χ0v) is 18.3. The number of fused-ring (bicyclic) bond motifs is 1. The summed E-state index contributed by atoms with van der Waals surface area (Å²) in [4.78, 5) is 25.3. The minimum atomic E-state index is -1.09. The number of methoxy groups -OCH3 is 2. The number of carbonyl (C=O) groups is 2. The molecule has 0 saturated heterocycles. The normalized spacial score (nSPS) is 14.5. The van der Waals surface area contributed by atoms with E-state index in [4.69, 9.17) is 24.7 Å². The van der Waals surface area contributed by atoms with Gasteiger partial charge >= 0.3 is 0 Å². The average Bonchev–Trinajstić information content (AvgIpc) is 3.26. The second-order valence-corrected chi connectivity index (χ2v) is 7.28. The van der Waals surface area contributed by atoms with Crippen LogP contribution in [0.3, 0.4) is 0 Å². The zero-order valence-electron chi connectivity index (χ0n) is 18.3. The molecule has 1 heterocycles. The molecule has 2 aromatic rings. The minimum absolute atomic E-state index is 0.0667. The van der Waals surface area contributed by atoms with E-state index in [0.29, 0.717) is 45.4 Å². The van der Waals surface area contributed by atoms with E-state index in [1.807, 2.05) is 0 Å². The first-order valence-corrected chi connectivity index (χ1v) is 9.88. The smallest absolute Gasteiger partial charge is 0.244 e. The molecule has 170 valence electrons. The van der Waals surface area contributed by atoms with Gasteiger partial charge in [-0.3, -0.25) is 9.59 Å². The van der Waals surface area contributed by atoms with Crippen molar-refractivity contribution in [3.63, 3.8) is 0 Å². The third-order valence-electron chi connectivity index (χ3n) is 4.97. The van der Waals surface area contributed by atoms with Gasteiger partial charge < -0.3 is 35.1 Å². The average molecular weight is 442 g/mol. The number of carbonyl (C=O) groups excluding carboxylic acids is 2. The van der Waals surface area contributed by atoms with Crippen LogP contribution in [0.5, 0.6) is 23.0 Å². The molecule has 1 aliphatic rings. The van der Waals surface area contributed by atoms with Gasteiger partial charge in [-0.2, -0.15) is 0 Å². The highest BCUT2D eigenvalue weighted by Crippen LogP contribution is 2.42. The van der Waals surface area contributed by atoms with Crippen LogP contribution >= 0.6 is 0 Å². The summed E-state index contributed by atoms with van der Waals surface area (Å²) in [6.07, 6.45) is 0.672. The highest BCUT2D eigenvalue weighted by Gasteiger charge is 2.23. The molecular formula is C23H26N2O7. The van der Waals surface area contributed by atoms with Crippen LogP contribution in [0.4, 0.5) is 5.69 Å². The van der Waals surface area contributed by atoms with Crippen LogP contribution in [0.15, 0.2) is 35.9 Å². The van der Waals surface area contributed by atoms with E-state index < -0.39 is 18.1 Å². The number of allylic oxidation sites excluding steroid dienone is 1. The number of ether oxygens (including phenoxy) is 4. The zero-order chi connectivity index (χ0) is 23.4. The van der Waals surface area contributed by atoms with Crippen molar-refractivity contribution in [2.45, 2.75) is 26.0 Å². The Labute approximate surface area is 185 Å². The van der Waals surface area contributed by atoms with Gasteiger partial charge in [-0.1, -0.05) is 6.07 Å². The molecule has 3 rings (SSSR count). The molecule has 9 heteroatoms. The molecule has 2 atom stereocenters. The van der Waals surface area contributed by atoms with Crippen LogP contribution in [-0.4, -0.2) is 50.0 Å². The number of anilines is 1. The summed E-state index contributed by atoms with van der Waals surface area (Å²) >= 11 is 0. The summed E-state index contributed by atoms with van der Waals surface area (Å²) in [7, 11) is 2.96. The number of Topliss-reactive ketones (excluding diaryl/α,β-unsaturated/α-hetero) is 1. The van der Waals surface area contributed by atoms with Gasteiger partial charge in [0.15, 0.2) is 17.3 Å². The fourth-order valence-electron chi connectivity index (χ4n) is 3.15. The highest BCUT2D eigenvalue weighted by molar-refractivity contribution is 6.11. The predicted octanol–water partition coefficient (Wildman–Crippen LogP) is 2.37. The number of nitrogens with one attached hydrogen (secondary N) is 1. The van der Waals surface area contributed by atoms with Crippen molar-refractivity contribution in [3.05, 3.63) is 47.0 Å². The third kappa shape index (κ3) is 4.84. The number of amides is 1. The molecule has 0 bridgehead atoms. The lowest BCUT2D eigenvalue weighted by atomic mass is 10.0. The molecule has 0 aliphatic carbocycles. The number of aliphatic hydroxyl groups is 1. The van der Waals surface area contributed by atoms with Gasteiger partial charge in [0, 0.05) is 5.56 Å². The maximum atomic E-state index is 13.0. The number of benzene rings is 2. The lowest BCUT2D eigenvalue weighted by molar-refractivity contribution is -0.119. The summed E-state index contributed by atoms with van der Waals surface area (Å²) in [5.74, 6) is 0.970. The summed E-state index contributed by atoms with van der Waals surface area (Å²) < 4.78 is 21.3. The minimum Gasteiger partial charge on any atom is -0.495 e. The molecule has 1 aliphatic heterocycles. The first-order chi connectivity index (χ1) is 15.2. The number of rotatable bonds is 8. The van der Waals surface area contributed by atoms with Gasteiger partial charge in [-0.25, -0.2) is 0 Å². The standard InChI is InChI=1S/C23H26N2O7/c1-12(21(27)15-9-18(30-4)22-19(10-15)31-11-32-22)7-14-5-6-17(29-3)16(8-14)25-23(28)20(24)13(2)26/h5-10,13,20,26H,11,24H2,1-4H3,(H,25,28). The van der Waals surface area contributed by atoms with Gasteiger partial charge in [0.25, 0.3) is 0 Å². The molecule has 0 fully saturated rings. The van der Waals surface area contributed by atoms with Crippen LogP contribution in [0.2, 0.25) is 0 Å². The Bertz CT molecular complexity index is 1060. The van der Waals surface area contributed by atoms with E-state index in [2.05, 4.69) is 5.32 Å². The van der Waals surface area contributed by atoms with Crippen LogP contribution in [0, 0.1) is 0 Å². The molecule has 2 unspecified atom stereocenters. The van der Waals surface area contributed by atoms with Gasteiger partial charge in [0.05, 0.1) is 26.0 Å². The Hall–Kier alpha value is -3.56. The molecule has 32 heavy (non-hydrogen) atoms. The molecule has 0 radical (unpaired) electrons. The quantitative estimate of drug-likeness (QED) is 0.420. The van der Waals surface area contributed by atoms with Gasteiger partial charge in [0.2, 0.25) is 18.4 Å². The molecule has 0 spiro atoms. The molecule has 4 N–H and O–H groups in total. The maximum absolute atomic E-state index is 13.0. The van der Waals surface area contributed by atoms with Gasteiger partial charge in [-0.15, -0.1) is 0 Å².